The summed E-state index contributed by atoms with van der Waals surface area (Å²) in [6.07, 6.45) is 26.1. The van der Waals surface area contributed by atoms with Crippen molar-refractivity contribution in [2.24, 2.45) is 11.3 Å². The van der Waals surface area contributed by atoms with Crippen LogP contribution in [0.1, 0.15) is 173 Å². The SMILES string of the molecule is CCCCCCCC/C=C\CCCCCCCC(=O)Oc1c(C(C)C)cc2c3c1OC(=O)[C@@]31CCCC(C)(C)[C@@H]1CC2. The Kier molecular flexibility index (Phi) is 11.8. The maximum Gasteiger partial charge on any atom is 0.322 e. The molecule has 1 heterocycles. The van der Waals surface area contributed by atoms with Crippen LogP contribution in [0.5, 0.6) is 11.5 Å². The minimum atomic E-state index is -0.579. The zero-order valence-corrected chi connectivity index (χ0v) is 27.5. The Labute approximate surface area is 256 Å². The predicted octanol–water partition coefficient (Wildman–Crippen LogP) is 10.7. The molecule has 2 aliphatic carbocycles. The number of hydrogen-bond acceptors (Lipinski definition) is 4. The fourth-order valence-electron chi connectivity index (χ4n) is 8.14. The maximum absolute atomic E-state index is 13.7. The van der Waals surface area contributed by atoms with Crippen LogP contribution in [0.25, 0.3) is 0 Å². The molecule has 0 unspecified atom stereocenters. The van der Waals surface area contributed by atoms with E-state index >= 15 is 0 Å². The molecule has 0 amide bonds. The lowest BCUT2D eigenvalue weighted by Crippen LogP contribution is -2.52. The third-order valence-electron chi connectivity index (χ3n) is 10.5. The Hall–Kier alpha value is -2.10. The van der Waals surface area contributed by atoms with Crippen molar-refractivity contribution in [1.82, 2.24) is 0 Å². The monoisotopic (exact) mass is 578 g/mol. The zero-order valence-electron chi connectivity index (χ0n) is 27.5. The summed E-state index contributed by atoms with van der Waals surface area (Å²) in [6, 6.07) is 2.22. The summed E-state index contributed by atoms with van der Waals surface area (Å²) in [5.74, 6) is 1.18. The third kappa shape index (κ3) is 7.33. The summed E-state index contributed by atoms with van der Waals surface area (Å²) in [7, 11) is 0. The van der Waals surface area contributed by atoms with Crippen molar-refractivity contribution in [2.75, 3.05) is 0 Å². The van der Waals surface area contributed by atoms with Gasteiger partial charge in [0.25, 0.3) is 0 Å². The molecule has 0 aromatic heterocycles. The first-order valence-electron chi connectivity index (χ1n) is 17.5. The molecule has 42 heavy (non-hydrogen) atoms. The lowest BCUT2D eigenvalue weighted by Gasteiger charge is -2.51. The van der Waals surface area contributed by atoms with Gasteiger partial charge in [0.2, 0.25) is 0 Å². The predicted molar refractivity (Wildman–Crippen MR) is 172 cm³/mol. The molecular formula is C38H58O4. The van der Waals surface area contributed by atoms with Gasteiger partial charge in [0, 0.05) is 17.5 Å². The molecule has 4 heteroatoms. The number of esters is 2. The Morgan fingerprint density at radius 1 is 0.976 bits per heavy atom. The summed E-state index contributed by atoms with van der Waals surface area (Å²) in [6.45, 7) is 11.1. The molecule has 2 atom stereocenters. The summed E-state index contributed by atoms with van der Waals surface area (Å²) in [5.41, 5.74) is 2.77. The van der Waals surface area contributed by atoms with E-state index in [0.29, 0.717) is 17.9 Å². The summed E-state index contributed by atoms with van der Waals surface area (Å²) < 4.78 is 12.2. The summed E-state index contributed by atoms with van der Waals surface area (Å²) in [4.78, 5) is 26.7. The molecule has 4 nitrogen and oxygen atoms in total. The van der Waals surface area contributed by atoms with Gasteiger partial charge in [-0.15, -0.1) is 0 Å². The van der Waals surface area contributed by atoms with Crippen LogP contribution in [0.3, 0.4) is 0 Å². The van der Waals surface area contributed by atoms with Gasteiger partial charge in [-0.25, -0.2) is 0 Å². The first-order chi connectivity index (χ1) is 20.2. The van der Waals surface area contributed by atoms with Gasteiger partial charge in [-0.05, 0) is 80.6 Å². The average molecular weight is 579 g/mol. The number of hydrogen-bond donors (Lipinski definition) is 0. The second-order valence-electron chi connectivity index (χ2n) is 14.4. The van der Waals surface area contributed by atoms with Crippen LogP contribution in [0.15, 0.2) is 18.2 Å². The van der Waals surface area contributed by atoms with Crippen LogP contribution in [0.4, 0.5) is 0 Å². The number of carbonyl (C=O) groups is 2. The number of rotatable bonds is 17. The smallest absolute Gasteiger partial charge is 0.322 e. The molecule has 1 aliphatic heterocycles. The normalized spacial score (nSPS) is 22.3. The van der Waals surface area contributed by atoms with Crippen LogP contribution < -0.4 is 9.47 Å². The molecular weight excluding hydrogens is 520 g/mol. The van der Waals surface area contributed by atoms with Crippen molar-refractivity contribution in [3.05, 3.63) is 34.9 Å². The fraction of sp³-hybridized carbons (Fsp3) is 0.737. The van der Waals surface area contributed by atoms with E-state index in [9.17, 15) is 9.59 Å². The van der Waals surface area contributed by atoms with Crippen molar-refractivity contribution in [2.45, 2.75) is 168 Å². The van der Waals surface area contributed by atoms with Crippen molar-refractivity contribution < 1.29 is 19.1 Å². The van der Waals surface area contributed by atoms with E-state index in [4.69, 9.17) is 9.47 Å². The number of aryl methyl sites for hydroxylation is 1. The minimum absolute atomic E-state index is 0.0912. The van der Waals surface area contributed by atoms with E-state index in [1.807, 2.05) is 0 Å². The lowest BCUT2D eigenvalue weighted by atomic mass is 9.50. The molecule has 234 valence electrons. The van der Waals surface area contributed by atoms with E-state index in [1.165, 1.54) is 63.4 Å². The van der Waals surface area contributed by atoms with Crippen molar-refractivity contribution in [3.63, 3.8) is 0 Å². The van der Waals surface area contributed by atoms with Gasteiger partial charge in [-0.3, -0.25) is 9.59 Å². The van der Waals surface area contributed by atoms with Crippen LogP contribution in [0, 0.1) is 11.3 Å². The fourth-order valence-corrected chi connectivity index (χ4v) is 8.14. The lowest BCUT2D eigenvalue weighted by molar-refractivity contribution is -0.146. The Morgan fingerprint density at radius 3 is 2.29 bits per heavy atom. The van der Waals surface area contributed by atoms with Gasteiger partial charge in [-0.1, -0.05) is 111 Å². The molecule has 4 rings (SSSR count). The molecule has 0 radical (unpaired) electrons. The van der Waals surface area contributed by atoms with Crippen LogP contribution in [-0.4, -0.2) is 11.9 Å². The molecule has 0 bridgehead atoms. The van der Waals surface area contributed by atoms with Gasteiger partial charge in [0.15, 0.2) is 11.5 Å². The first kappa shape index (κ1) is 32.8. The second-order valence-corrected chi connectivity index (χ2v) is 14.4. The van der Waals surface area contributed by atoms with Gasteiger partial charge in [0.05, 0.1) is 0 Å². The topological polar surface area (TPSA) is 52.6 Å². The third-order valence-corrected chi connectivity index (χ3v) is 10.5. The summed E-state index contributed by atoms with van der Waals surface area (Å²) >= 11 is 0. The molecule has 1 saturated carbocycles. The molecule has 1 spiro atoms. The summed E-state index contributed by atoms with van der Waals surface area (Å²) in [5, 5.41) is 0. The van der Waals surface area contributed by atoms with Crippen LogP contribution >= 0.6 is 0 Å². The zero-order chi connectivity index (χ0) is 30.2. The molecule has 1 aromatic rings. The Bertz CT molecular complexity index is 1100. The van der Waals surface area contributed by atoms with E-state index in [-0.39, 0.29) is 29.2 Å². The first-order valence-corrected chi connectivity index (χ1v) is 17.5. The standard InChI is InChI=1S/C38H58O4/c1-6-7-8-9-10-11-12-13-14-15-16-17-18-19-20-22-32(39)41-34-30(28(2)3)27-29-23-24-31-37(4,5)25-21-26-38(31)33(29)35(34)42-36(38)40/h13-14,27-28,31H,6-12,15-26H2,1-5H3/b14-13-/t31-,38+/m0/s1. The highest BCUT2D eigenvalue weighted by atomic mass is 16.6. The number of carbonyl (C=O) groups excluding carboxylic acids is 2. The van der Waals surface area contributed by atoms with Crippen molar-refractivity contribution >= 4 is 11.9 Å². The van der Waals surface area contributed by atoms with E-state index in [1.54, 1.807) is 0 Å². The van der Waals surface area contributed by atoms with Crippen molar-refractivity contribution in [1.29, 1.82) is 0 Å². The molecule has 1 aromatic carbocycles. The average Bonchev–Trinajstić information content (AvgIpc) is 3.24. The minimum Gasteiger partial charge on any atom is -0.422 e. The quantitative estimate of drug-likeness (QED) is 0.0798. The molecule has 0 N–H and O–H groups in total. The second kappa shape index (κ2) is 15.1. The molecule has 1 fully saturated rings. The highest BCUT2D eigenvalue weighted by Crippen LogP contribution is 2.64. The van der Waals surface area contributed by atoms with Crippen molar-refractivity contribution in [3.8, 4) is 11.5 Å². The van der Waals surface area contributed by atoms with Gasteiger partial charge in [-0.2, -0.15) is 0 Å². The highest BCUT2D eigenvalue weighted by Gasteiger charge is 2.62. The largest absolute Gasteiger partial charge is 0.422 e. The van der Waals surface area contributed by atoms with Gasteiger partial charge < -0.3 is 9.47 Å². The van der Waals surface area contributed by atoms with E-state index in [0.717, 1.165) is 68.9 Å². The van der Waals surface area contributed by atoms with Gasteiger partial charge >= 0.3 is 11.9 Å². The number of ether oxygens (including phenoxy) is 2. The number of allylic oxidation sites excluding steroid dienone is 2. The van der Waals surface area contributed by atoms with Crippen LogP contribution in [-0.2, 0) is 21.4 Å². The van der Waals surface area contributed by atoms with E-state index in [2.05, 4.69) is 52.8 Å². The van der Waals surface area contributed by atoms with Crippen LogP contribution in [0.2, 0.25) is 0 Å². The maximum atomic E-state index is 13.7. The van der Waals surface area contributed by atoms with Gasteiger partial charge in [0.1, 0.15) is 5.41 Å². The van der Waals surface area contributed by atoms with E-state index < -0.39 is 5.41 Å². The Morgan fingerprint density at radius 2 is 1.62 bits per heavy atom. The molecule has 3 aliphatic rings. The number of unbranched alkanes of at least 4 members (excludes halogenated alkanes) is 11. The highest BCUT2D eigenvalue weighted by molar-refractivity contribution is 5.94. The number of benzene rings is 1. The Balaban J connectivity index is 1.26. The molecule has 0 saturated heterocycles.